The van der Waals surface area contributed by atoms with E-state index in [0.29, 0.717) is 11.8 Å². The van der Waals surface area contributed by atoms with Crippen LogP contribution in [0.2, 0.25) is 5.02 Å². The van der Waals surface area contributed by atoms with Crippen LogP contribution in [0.5, 0.6) is 0 Å². The normalized spacial score (nSPS) is 23.7. The molecule has 2 atom stereocenters. The number of pyridine rings is 1. The zero-order valence-corrected chi connectivity index (χ0v) is 11.3. The van der Waals surface area contributed by atoms with E-state index in [0.717, 1.165) is 34.5 Å². The standard InChI is InChI=1S/C14H13Cl2NO/c15-8-9-5-7-18-14(9)11-3-4-12(16)10-2-1-6-17-13(10)11/h1-4,6,9,14H,5,7-8H2. The van der Waals surface area contributed by atoms with Crippen molar-refractivity contribution in [2.45, 2.75) is 12.5 Å². The lowest BCUT2D eigenvalue weighted by molar-refractivity contribution is 0.0962. The maximum absolute atomic E-state index is 6.20. The molecule has 0 aliphatic carbocycles. The second-order valence-corrected chi connectivity index (χ2v) is 5.25. The van der Waals surface area contributed by atoms with Crippen LogP contribution in [0.15, 0.2) is 30.5 Å². The highest BCUT2D eigenvalue weighted by Gasteiger charge is 2.30. The number of rotatable bonds is 2. The average Bonchev–Trinajstić information content (AvgIpc) is 2.88. The molecule has 94 valence electrons. The molecule has 0 radical (unpaired) electrons. The van der Waals surface area contributed by atoms with Gasteiger partial charge in [-0.05, 0) is 24.6 Å². The van der Waals surface area contributed by atoms with E-state index in [4.69, 9.17) is 27.9 Å². The Morgan fingerprint density at radius 3 is 3.06 bits per heavy atom. The second kappa shape index (κ2) is 5.04. The van der Waals surface area contributed by atoms with E-state index in [1.54, 1.807) is 6.20 Å². The Balaban J connectivity index is 2.15. The lowest BCUT2D eigenvalue weighted by Gasteiger charge is -2.18. The average molecular weight is 282 g/mol. The fraction of sp³-hybridized carbons (Fsp3) is 0.357. The Bertz CT molecular complexity index is 573. The van der Waals surface area contributed by atoms with Gasteiger partial charge in [-0.3, -0.25) is 4.98 Å². The van der Waals surface area contributed by atoms with Crippen LogP contribution in [0.4, 0.5) is 0 Å². The maximum atomic E-state index is 6.20. The third-order valence-electron chi connectivity index (χ3n) is 3.47. The van der Waals surface area contributed by atoms with Gasteiger partial charge in [-0.15, -0.1) is 11.6 Å². The number of hydrogen-bond acceptors (Lipinski definition) is 2. The van der Waals surface area contributed by atoms with Crippen molar-refractivity contribution < 1.29 is 4.74 Å². The van der Waals surface area contributed by atoms with E-state index in [1.807, 2.05) is 24.3 Å². The van der Waals surface area contributed by atoms with Crippen molar-refractivity contribution in [2.24, 2.45) is 5.92 Å². The molecule has 1 saturated heterocycles. The molecule has 1 aliphatic rings. The van der Waals surface area contributed by atoms with Crippen molar-refractivity contribution in [3.05, 3.63) is 41.0 Å². The van der Waals surface area contributed by atoms with Crippen molar-refractivity contribution in [3.63, 3.8) is 0 Å². The number of halogens is 2. The number of alkyl halides is 1. The zero-order chi connectivity index (χ0) is 12.5. The van der Waals surface area contributed by atoms with Gasteiger partial charge in [-0.2, -0.15) is 0 Å². The van der Waals surface area contributed by atoms with Crippen molar-refractivity contribution in [1.29, 1.82) is 0 Å². The summed E-state index contributed by atoms with van der Waals surface area (Å²) in [6.07, 6.45) is 2.83. The van der Waals surface area contributed by atoms with E-state index >= 15 is 0 Å². The molecule has 1 aromatic carbocycles. The molecule has 2 unspecified atom stereocenters. The predicted octanol–water partition coefficient (Wildman–Crippen LogP) is 4.20. The predicted molar refractivity (Wildman–Crippen MR) is 74.3 cm³/mol. The summed E-state index contributed by atoms with van der Waals surface area (Å²) in [5, 5.41) is 1.70. The molecule has 0 amide bonds. The number of benzene rings is 1. The Morgan fingerprint density at radius 1 is 1.33 bits per heavy atom. The van der Waals surface area contributed by atoms with Crippen LogP contribution in [0.25, 0.3) is 10.9 Å². The fourth-order valence-corrected chi connectivity index (χ4v) is 3.06. The minimum atomic E-state index is 0.0390. The molecule has 0 spiro atoms. The van der Waals surface area contributed by atoms with Crippen LogP contribution >= 0.6 is 23.2 Å². The maximum Gasteiger partial charge on any atom is 0.0886 e. The first-order chi connectivity index (χ1) is 8.81. The number of aromatic nitrogens is 1. The minimum absolute atomic E-state index is 0.0390. The third kappa shape index (κ3) is 1.99. The molecule has 4 heteroatoms. The summed E-state index contributed by atoms with van der Waals surface area (Å²) in [6.45, 7) is 0.763. The molecule has 1 aromatic heterocycles. The van der Waals surface area contributed by atoms with Crippen molar-refractivity contribution in [1.82, 2.24) is 4.98 Å². The van der Waals surface area contributed by atoms with Crippen molar-refractivity contribution in [2.75, 3.05) is 12.5 Å². The first-order valence-corrected chi connectivity index (χ1v) is 6.93. The third-order valence-corrected chi connectivity index (χ3v) is 4.19. The molecule has 18 heavy (non-hydrogen) atoms. The second-order valence-electron chi connectivity index (χ2n) is 4.53. The molecular formula is C14H13Cl2NO. The highest BCUT2D eigenvalue weighted by Crippen LogP contribution is 2.39. The Hall–Kier alpha value is -0.830. The summed E-state index contributed by atoms with van der Waals surface area (Å²) < 4.78 is 5.82. The van der Waals surface area contributed by atoms with Gasteiger partial charge in [0.15, 0.2) is 0 Å². The largest absolute Gasteiger partial charge is 0.373 e. The van der Waals surface area contributed by atoms with E-state index in [2.05, 4.69) is 4.98 Å². The SMILES string of the molecule is ClCC1CCOC1c1ccc(Cl)c2cccnc12. The summed E-state index contributed by atoms with van der Waals surface area (Å²) in [5.41, 5.74) is 2.02. The first kappa shape index (κ1) is 12.2. The summed E-state index contributed by atoms with van der Waals surface area (Å²) >= 11 is 12.2. The Labute approximate surface area is 116 Å². The zero-order valence-electron chi connectivity index (χ0n) is 9.77. The fourth-order valence-electron chi connectivity index (χ4n) is 2.52. The van der Waals surface area contributed by atoms with Crippen LogP contribution in [-0.4, -0.2) is 17.5 Å². The molecule has 0 N–H and O–H groups in total. The van der Waals surface area contributed by atoms with E-state index in [-0.39, 0.29) is 6.10 Å². The molecule has 1 fully saturated rings. The lowest BCUT2D eigenvalue weighted by Crippen LogP contribution is -2.09. The highest BCUT2D eigenvalue weighted by molar-refractivity contribution is 6.35. The van der Waals surface area contributed by atoms with Gasteiger partial charge in [0.05, 0.1) is 11.6 Å². The summed E-state index contributed by atoms with van der Waals surface area (Å²) in [5.74, 6) is 0.972. The van der Waals surface area contributed by atoms with E-state index in [1.165, 1.54) is 0 Å². The van der Waals surface area contributed by atoms with Gasteiger partial charge in [-0.1, -0.05) is 17.7 Å². The van der Waals surface area contributed by atoms with Crippen LogP contribution in [0, 0.1) is 5.92 Å². The minimum Gasteiger partial charge on any atom is -0.373 e. The molecule has 1 aliphatic heterocycles. The lowest BCUT2D eigenvalue weighted by atomic mass is 9.95. The number of ether oxygens (including phenoxy) is 1. The smallest absolute Gasteiger partial charge is 0.0886 e. The van der Waals surface area contributed by atoms with E-state index < -0.39 is 0 Å². The topological polar surface area (TPSA) is 22.1 Å². The Kier molecular flexibility index (Phi) is 3.42. The summed E-state index contributed by atoms with van der Waals surface area (Å²) in [4.78, 5) is 4.45. The first-order valence-electron chi connectivity index (χ1n) is 6.02. The number of fused-ring (bicyclic) bond motifs is 1. The van der Waals surface area contributed by atoms with Gasteiger partial charge in [0.25, 0.3) is 0 Å². The molecule has 2 nitrogen and oxygen atoms in total. The van der Waals surface area contributed by atoms with Gasteiger partial charge < -0.3 is 4.74 Å². The molecular weight excluding hydrogens is 269 g/mol. The monoisotopic (exact) mass is 281 g/mol. The van der Waals surface area contributed by atoms with Crippen LogP contribution in [0.1, 0.15) is 18.1 Å². The number of nitrogens with zero attached hydrogens (tertiary/aromatic N) is 1. The van der Waals surface area contributed by atoms with Gasteiger partial charge in [0.1, 0.15) is 0 Å². The van der Waals surface area contributed by atoms with E-state index in [9.17, 15) is 0 Å². The molecule has 0 saturated carbocycles. The van der Waals surface area contributed by atoms with Crippen LogP contribution < -0.4 is 0 Å². The summed E-state index contributed by atoms with van der Waals surface area (Å²) in [6, 6.07) is 7.80. The summed E-state index contributed by atoms with van der Waals surface area (Å²) in [7, 11) is 0. The highest BCUT2D eigenvalue weighted by atomic mass is 35.5. The van der Waals surface area contributed by atoms with Gasteiger partial charge in [0, 0.05) is 40.6 Å². The Morgan fingerprint density at radius 2 is 2.22 bits per heavy atom. The van der Waals surface area contributed by atoms with Crippen LogP contribution in [-0.2, 0) is 4.74 Å². The van der Waals surface area contributed by atoms with Crippen molar-refractivity contribution >= 4 is 34.1 Å². The molecule has 2 heterocycles. The van der Waals surface area contributed by atoms with Gasteiger partial charge in [0.2, 0.25) is 0 Å². The number of hydrogen-bond donors (Lipinski definition) is 0. The molecule has 2 aromatic rings. The van der Waals surface area contributed by atoms with Gasteiger partial charge in [-0.25, -0.2) is 0 Å². The van der Waals surface area contributed by atoms with Crippen molar-refractivity contribution in [3.8, 4) is 0 Å². The van der Waals surface area contributed by atoms with Crippen LogP contribution in [0.3, 0.4) is 0 Å². The van der Waals surface area contributed by atoms with Gasteiger partial charge >= 0.3 is 0 Å². The molecule has 0 bridgehead atoms. The quantitative estimate of drug-likeness (QED) is 0.770. The molecule has 3 rings (SSSR count).